The molecule has 1 aliphatic rings. The number of methoxy groups -OCH3 is 1. The van der Waals surface area contributed by atoms with Gasteiger partial charge in [0.15, 0.2) is 0 Å². The molecule has 2 aromatic carbocycles. The van der Waals surface area contributed by atoms with Crippen LogP contribution in [0, 0.1) is 0 Å². The molecule has 0 aliphatic heterocycles. The van der Waals surface area contributed by atoms with Crippen molar-refractivity contribution in [2.45, 2.75) is 32.1 Å². The van der Waals surface area contributed by atoms with Crippen LogP contribution >= 0.6 is 0 Å². The maximum absolute atomic E-state index is 11.7. The molecule has 3 nitrogen and oxygen atoms in total. The summed E-state index contributed by atoms with van der Waals surface area (Å²) in [6, 6.07) is 10.6. The molecule has 3 heteroatoms. The molecule has 0 aromatic heterocycles. The van der Waals surface area contributed by atoms with Crippen molar-refractivity contribution in [1.82, 2.24) is 5.32 Å². The summed E-state index contributed by atoms with van der Waals surface area (Å²) in [5, 5.41) is 5.63. The van der Waals surface area contributed by atoms with Gasteiger partial charge in [-0.1, -0.05) is 31.2 Å². The van der Waals surface area contributed by atoms with Gasteiger partial charge in [-0.3, -0.25) is 4.79 Å². The lowest BCUT2D eigenvalue weighted by Crippen LogP contribution is -2.28. The van der Waals surface area contributed by atoms with Crippen molar-refractivity contribution >= 4 is 16.7 Å². The number of rotatable bonds is 5. The standard InChI is InChI=1S/C18H21NO2/c1-3-5-16(20)19-11-14-10-13-7-4-6-12-8-9-15(21-2)18(14)17(12)13/h4,6-9,14H,3,5,10-11H2,1-2H3,(H,19,20)/t14-/m0/s1. The lowest BCUT2D eigenvalue weighted by atomic mass is 9.98. The lowest BCUT2D eigenvalue weighted by molar-refractivity contribution is -0.121. The maximum atomic E-state index is 11.7. The summed E-state index contributed by atoms with van der Waals surface area (Å²) in [5.41, 5.74) is 2.61. The highest BCUT2D eigenvalue weighted by Crippen LogP contribution is 2.43. The highest BCUT2D eigenvalue weighted by Gasteiger charge is 2.27. The van der Waals surface area contributed by atoms with E-state index in [0.29, 0.717) is 18.9 Å². The summed E-state index contributed by atoms with van der Waals surface area (Å²) < 4.78 is 5.55. The molecule has 0 fully saturated rings. The third kappa shape index (κ3) is 2.48. The Hall–Kier alpha value is -2.03. The van der Waals surface area contributed by atoms with Crippen molar-refractivity contribution in [3.63, 3.8) is 0 Å². The summed E-state index contributed by atoms with van der Waals surface area (Å²) in [7, 11) is 1.71. The zero-order chi connectivity index (χ0) is 14.8. The molecule has 21 heavy (non-hydrogen) atoms. The van der Waals surface area contributed by atoms with Crippen LogP contribution in [-0.4, -0.2) is 19.6 Å². The van der Waals surface area contributed by atoms with Gasteiger partial charge in [0.25, 0.3) is 0 Å². The molecule has 0 saturated carbocycles. The highest BCUT2D eigenvalue weighted by molar-refractivity contribution is 5.93. The van der Waals surface area contributed by atoms with Crippen LogP contribution in [-0.2, 0) is 11.2 Å². The fraction of sp³-hybridized carbons (Fsp3) is 0.389. The first-order chi connectivity index (χ1) is 10.2. The third-order valence-electron chi connectivity index (χ3n) is 4.25. The van der Waals surface area contributed by atoms with E-state index in [1.54, 1.807) is 7.11 Å². The predicted molar refractivity (Wildman–Crippen MR) is 84.9 cm³/mol. The number of carbonyl (C=O) groups excluding carboxylic acids is 1. The molecular weight excluding hydrogens is 262 g/mol. The van der Waals surface area contributed by atoms with E-state index >= 15 is 0 Å². The van der Waals surface area contributed by atoms with Crippen LogP contribution < -0.4 is 10.1 Å². The second kappa shape index (κ2) is 5.76. The zero-order valence-corrected chi connectivity index (χ0v) is 12.6. The summed E-state index contributed by atoms with van der Waals surface area (Å²) in [4.78, 5) is 11.7. The van der Waals surface area contributed by atoms with Gasteiger partial charge in [-0.15, -0.1) is 0 Å². The van der Waals surface area contributed by atoms with Crippen molar-refractivity contribution in [3.05, 3.63) is 41.5 Å². The topological polar surface area (TPSA) is 38.3 Å². The first-order valence-corrected chi connectivity index (χ1v) is 7.59. The van der Waals surface area contributed by atoms with Gasteiger partial charge in [0.05, 0.1) is 7.11 Å². The van der Waals surface area contributed by atoms with Crippen LogP contribution in [0.15, 0.2) is 30.3 Å². The quantitative estimate of drug-likeness (QED) is 0.913. The smallest absolute Gasteiger partial charge is 0.220 e. The van der Waals surface area contributed by atoms with E-state index in [-0.39, 0.29) is 5.91 Å². The summed E-state index contributed by atoms with van der Waals surface area (Å²) in [6.45, 7) is 2.71. The monoisotopic (exact) mass is 283 g/mol. The minimum Gasteiger partial charge on any atom is -0.496 e. The molecule has 0 spiro atoms. The number of nitrogens with one attached hydrogen (secondary N) is 1. The molecule has 0 radical (unpaired) electrons. The largest absolute Gasteiger partial charge is 0.496 e. The molecule has 1 N–H and O–H groups in total. The first-order valence-electron chi connectivity index (χ1n) is 7.59. The van der Waals surface area contributed by atoms with E-state index in [9.17, 15) is 4.79 Å². The van der Waals surface area contributed by atoms with Gasteiger partial charge in [-0.2, -0.15) is 0 Å². The van der Waals surface area contributed by atoms with Crippen molar-refractivity contribution in [3.8, 4) is 5.75 Å². The number of ether oxygens (including phenoxy) is 1. The average molecular weight is 283 g/mol. The second-order valence-corrected chi connectivity index (χ2v) is 5.65. The molecule has 0 unspecified atom stereocenters. The van der Waals surface area contributed by atoms with Crippen molar-refractivity contribution in [2.24, 2.45) is 0 Å². The Bertz CT molecular complexity index is 678. The van der Waals surface area contributed by atoms with Crippen LogP contribution in [0.4, 0.5) is 0 Å². The molecule has 1 aliphatic carbocycles. The molecule has 0 saturated heterocycles. The van der Waals surface area contributed by atoms with Gasteiger partial charge in [0.2, 0.25) is 5.91 Å². The molecule has 110 valence electrons. The normalized spacial score (nSPS) is 16.2. The molecule has 0 bridgehead atoms. The number of hydrogen-bond donors (Lipinski definition) is 1. The SMILES string of the molecule is CCCC(=O)NC[C@@H]1Cc2cccc3ccc(OC)c1c23. The fourth-order valence-electron chi connectivity index (χ4n) is 3.31. The lowest BCUT2D eigenvalue weighted by Gasteiger charge is -2.16. The number of benzene rings is 2. The summed E-state index contributed by atoms with van der Waals surface area (Å²) in [5.74, 6) is 1.38. The Balaban J connectivity index is 1.92. The van der Waals surface area contributed by atoms with Gasteiger partial charge >= 0.3 is 0 Å². The highest BCUT2D eigenvalue weighted by atomic mass is 16.5. The molecule has 0 heterocycles. The zero-order valence-electron chi connectivity index (χ0n) is 12.6. The van der Waals surface area contributed by atoms with Gasteiger partial charge in [0, 0.05) is 24.4 Å². The minimum atomic E-state index is 0.139. The van der Waals surface area contributed by atoms with E-state index in [4.69, 9.17) is 4.74 Å². The minimum absolute atomic E-state index is 0.139. The van der Waals surface area contributed by atoms with Gasteiger partial charge in [-0.25, -0.2) is 0 Å². The van der Waals surface area contributed by atoms with Gasteiger partial charge in [-0.05, 0) is 35.2 Å². The second-order valence-electron chi connectivity index (χ2n) is 5.65. The van der Waals surface area contributed by atoms with Crippen molar-refractivity contribution < 1.29 is 9.53 Å². The number of carbonyl (C=O) groups is 1. The van der Waals surface area contributed by atoms with Crippen LogP contribution in [0.3, 0.4) is 0 Å². The van der Waals surface area contributed by atoms with E-state index in [1.165, 1.54) is 21.9 Å². The van der Waals surface area contributed by atoms with Crippen molar-refractivity contribution in [2.75, 3.05) is 13.7 Å². The van der Waals surface area contributed by atoms with Crippen LogP contribution in [0.25, 0.3) is 10.8 Å². The van der Waals surface area contributed by atoms with Crippen LogP contribution in [0.1, 0.15) is 36.8 Å². The van der Waals surface area contributed by atoms with Gasteiger partial charge < -0.3 is 10.1 Å². The van der Waals surface area contributed by atoms with Crippen LogP contribution in [0.5, 0.6) is 5.75 Å². The molecule has 1 atom stereocenters. The average Bonchev–Trinajstić information content (AvgIpc) is 2.87. The van der Waals surface area contributed by atoms with E-state index < -0.39 is 0 Å². The van der Waals surface area contributed by atoms with E-state index in [0.717, 1.165) is 18.6 Å². The Morgan fingerprint density at radius 2 is 2.19 bits per heavy atom. The molecule has 2 aromatic rings. The van der Waals surface area contributed by atoms with Crippen molar-refractivity contribution in [1.29, 1.82) is 0 Å². The molecule has 3 rings (SSSR count). The Labute approximate surface area is 125 Å². The number of hydrogen-bond acceptors (Lipinski definition) is 2. The Morgan fingerprint density at radius 1 is 1.33 bits per heavy atom. The Morgan fingerprint density at radius 3 is 2.95 bits per heavy atom. The fourth-order valence-corrected chi connectivity index (χ4v) is 3.31. The maximum Gasteiger partial charge on any atom is 0.220 e. The number of amides is 1. The van der Waals surface area contributed by atoms with Crippen LogP contribution in [0.2, 0.25) is 0 Å². The summed E-state index contributed by atoms with van der Waals surface area (Å²) in [6.07, 6.45) is 2.45. The Kier molecular flexibility index (Phi) is 3.82. The van der Waals surface area contributed by atoms with E-state index in [1.807, 2.05) is 13.0 Å². The molecular formula is C18H21NO2. The van der Waals surface area contributed by atoms with E-state index in [2.05, 4.69) is 29.6 Å². The predicted octanol–water partition coefficient (Wildman–Crippen LogP) is 3.40. The third-order valence-corrected chi connectivity index (χ3v) is 4.25. The summed E-state index contributed by atoms with van der Waals surface area (Å²) >= 11 is 0. The molecule has 1 amide bonds. The first kappa shape index (κ1) is 13.9. The van der Waals surface area contributed by atoms with Gasteiger partial charge in [0.1, 0.15) is 5.75 Å².